The van der Waals surface area contributed by atoms with E-state index in [1.165, 1.54) is 19.2 Å². The van der Waals surface area contributed by atoms with E-state index in [1.807, 2.05) is 68.4 Å². The molecule has 0 aromatic heterocycles. The molecule has 4 N–H and O–H groups in total. The smallest absolute Gasteiger partial charge is 0.242 e. The predicted molar refractivity (Wildman–Crippen MR) is 151 cm³/mol. The molecule has 0 spiro atoms. The maximum absolute atomic E-state index is 13.5. The van der Waals surface area contributed by atoms with Gasteiger partial charge >= 0.3 is 0 Å². The number of aromatic hydroxyl groups is 1. The SMILES string of the molecule is CNC(=O)[C@@H](Cc1ccc(O)cc1)NC(=O)C(CC(C)C)CP(=O)(O)Cc1ccccc1-c1ccccc1. The van der Waals surface area contributed by atoms with Crippen LogP contribution in [0.25, 0.3) is 11.1 Å². The molecule has 0 radical (unpaired) electrons. The molecular weight excluding hydrogens is 499 g/mol. The van der Waals surface area contributed by atoms with E-state index < -0.39 is 25.2 Å². The fourth-order valence-electron chi connectivity index (χ4n) is 4.61. The standard InChI is InChI=1S/C30H37N2O5P/c1-21(2)17-25(29(34)32-28(30(35)31-3)18-22-13-15-26(33)16-14-22)20-38(36,37)19-24-11-7-8-12-27(24)23-9-5-4-6-10-23/h4-16,21,25,28,33H,17-20H2,1-3H3,(H,31,35)(H,32,34)(H,36,37)/t25?,28-/m1/s1. The normalized spacial score (nSPS) is 14.3. The van der Waals surface area contributed by atoms with E-state index in [0.717, 1.165) is 22.3 Å². The van der Waals surface area contributed by atoms with Crippen molar-refractivity contribution in [3.8, 4) is 16.9 Å². The molecule has 3 atom stereocenters. The lowest BCUT2D eigenvalue weighted by molar-refractivity contribution is -0.130. The Kier molecular flexibility index (Phi) is 10.3. The van der Waals surface area contributed by atoms with Crippen LogP contribution in [0, 0.1) is 11.8 Å². The van der Waals surface area contributed by atoms with Crippen LogP contribution in [0.15, 0.2) is 78.9 Å². The molecule has 2 amide bonds. The minimum atomic E-state index is -3.76. The third-order valence-corrected chi connectivity index (χ3v) is 8.25. The van der Waals surface area contributed by atoms with Gasteiger partial charge < -0.3 is 20.6 Å². The molecule has 0 saturated heterocycles. The number of likely N-dealkylation sites (N-methyl/N-ethyl adjacent to an activating group) is 1. The summed E-state index contributed by atoms with van der Waals surface area (Å²) in [5, 5.41) is 14.9. The van der Waals surface area contributed by atoms with Crippen LogP contribution >= 0.6 is 7.37 Å². The number of carbonyl (C=O) groups excluding carboxylic acids is 2. The molecular formula is C30H37N2O5P. The summed E-state index contributed by atoms with van der Waals surface area (Å²) in [6, 6.07) is 22.8. The molecule has 38 heavy (non-hydrogen) atoms. The molecule has 202 valence electrons. The third kappa shape index (κ3) is 8.57. The molecule has 0 bridgehead atoms. The van der Waals surface area contributed by atoms with Gasteiger partial charge in [-0.05, 0) is 46.7 Å². The van der Waals surface area contributed by atoms with Crippen molar-refractivity contribution in [1.82, 2.24) is 10.6 Å². The molecule has 0 fully saturated rings. The maximum Gasteiger partial charge on any atom is 0.242 e. The maximum atomic E-state index is 13.5. The molecule has 0 saturated carbocycles. The summed E-state index contributed by atoms with van der Waals surface area (Å²) in [6.45, 7) is 3.92. The second-order valence-electron chi connectivity index (χ2n) is 10.1. The zero-order valence-electron chi connectivity index (χ0n) is 22.1. The predicted octanol–water partition coefficient (Wildman–Crippen LogP) is 4.97. The highest BCUT2D eigenvalue weighted by molar-refractivity contribution is 7.57. The number of benzene rings is 3. The van der Waals surface area contributed by atoms with E-state index in [1.54, 1.807) is 12.1 Å². The van der Waals surface area contributed by atoms with E-state index >= 15 is 0 Å². The monoisotopic (exact) mass is 536 g/mol. The number of hydrogen-bond donors (Lipinski definition) is 4. The summed E-state index contributed by atoms with van der Waals surface area (Å²) in [4.78, 5) is 37.1. The van der Waals surface area contributed by atoms with Gasteiger partial charge in [0.05, 0.1) is 6.16 Å². The first-order chi connectivity index (χ1) is 18.1. The van der Waals surface area contributed by atoms with Crippen molar-refractivity contribution in [3.05, 3.63) is 90.0 Å². The van der Waals surface area contributed by atoms with Crippen LogP contribution in [0.2, 0.25) is 0 Å². The number of phenolic OH excluding ortho intramolecular Hbond substituents is 1. The highest BCUT2D eigenvalue weighted by Gasteiger charge is 2.32. The fraction of sp³-hybridized carbons (Fsp3) is 0.333. The molecule has 3 aromatic rings. The van der Waals surface area contributed by atoms with E-state index in [0.29, 0.717) is 6.42 Å². The van der Waals surface area contributed by atoms with Gasteiger partial charge in [-0.25, -0.2) is 0 Å². The van der Waals surface area contributed by atoms with E-state index in [-0.39, 0.29) is 36.3 Å². The summed E-state index contributed by atoms with van der Waals surface area (Å²) >= 11 is 0. The average Bonchev–Trinajstić information content (AvgIpc) is 2.88. The van der Waals surface area contributed by atoms with Crippen LogP contribution in [0.5, 0.6) is 5.75 Å². The first kappa shape index (κ1) is 29.2. The summed E-state index contributed by atoms with van der Waals surface area (Å²) < 4.78 is 13.5. The highest BCUT2D eigenvalue weighted by Crippen LogP contribution is 2.48. The van der Waals surface area contributed by atoms with Crippen LogP contribution in [-0.2, 0) is 26.7 Å². The quantitative estimate of drug-likeness (QED) is 0.244. The van der Waals surface area contributed by atoms with E-state index in [9.17, 15) is 24.2 Å². The summed E-state index contributed by atoms with van der Waals surface area (Å²) in [5.41, 5.74) is 3.37. The molecule has 0 aliphatic carbocycles. The van der Waals surface area contributed by atoms with Crippen LogP contribution in [0.4, 0.5) is 0 Å². The summed E-state index contributed by atoms with van der Waals surface area (Å²) in [5.74, 6) is -1.30. The Morgan fingerprint density at radius 2 is 1.53 bits per heavy atom. The first-order valence-corrected chi connectivity index (χ1v) is 14.8. The highest BCUT2D eigenvalue weighted by atomic mass is 31.2. The van der Waals surface area contributed by atoms with Gasteiger partial charge in [0.2, 0.25) is 19.2 Å². The minimum absolute atomic E-state index is 0.0493. The Balaban J connectivity index is 1.79. The van der Waals surface area contributed by atoms with Crippen molar-refractivity contribution in [3.63, 3.8) is 0 Å². The van der Waals surface area contributed by atoms with Gasteiger partial charge in [-0.2, -0.15) is 0 Å². The van der Waals surface area contributed by atoms with Crippen LogP contribution in [-0.4, -0.2) is 41.1 Å². The van der Waals surface area contributed by atoms with Gasteiger partial charge in [0.25, 0.3) is 0 Å². The third-order valence-electron chi connectivity index (χ3n) is 6.41. The van der Waals surface area contributed by atoms with Crippen molar-refractivity contribution in [2.24, 2.45) is 11.8 Å². The molecule has 7 nitrogen and oxygen atoms in total. The Bertz CT molecular complexity index is 1260. The van der Waals surface area contributed by atoms with Gasteiger partial charge in [-0.15, -0.1) is 0 Å². The number of nitrogens with one attached hydrogen (secondary N) is 2. The van der Waals surface area contributed by atoms with Crippen molar-refractivity contribution < 1.29 is 24.2 Å². The van der Waals surface area contributed by atoms with Gasteiger partial charge in [0.15, 0.2) is 0 Å². The number of carbonyl (C=O) groups is 2. The Morgan fingerprint density at radius 1 is 0.895 bits per heavy atom. The lowest BCUT2D eigenvalue weighted by Gasteiger charge is -2.25. The average molecular weight is 537 g/mol. The molecule has 0 aliphatic heterocycles. The lowest BCUT2D eigenvalue weighted by Crippen LogP contribution is -2.49. The number of phenols is 1. The first-order valence-electron chi connectivity index (χ1n) is 12.8. The number of rotatable bonds is 12. The van der Waals surface area contributed by atoms with Crippen LogP contribution in [0.3, 0.4) is 0 Å². The van der Waals surface area contributed by atoms with Crippen molar-refractivity contribution in [1.29, 1.82) is 0 Å². The largest absolute Gasteiger partial charge is 0.508 e. The van der Waals surface area contributed by atoms with Crippen LogP contribution in [0.1, 0.15) is 31.4 Å². The summed E-state index contributed by atoms with van der Waals surface area (Å²) in [6.07, 6.45) is 0.407. The molecule has 8 heteroatoms. The van der Waals surface area contributed by atoms with Gasteiger partial charge in [-0.1, -0.05) is 80.6 Å². The fourth-order valence-corrected chi connectivity index (χ4v) is 6.55. The molecule has 3 aromatic carbocycles. The van der Waals surface area contributed by atoms with Crippen molar-refractivity contribution >= 4 is 19.2 Å². The second kappa shape index (κ2) is 13.4. The Labute approximate surface area is 224 Å². The van der Waals surface area contributed by atoms with E-state index in [4.69, 9.17) is 0 Å². The number of hydrogen-bond acceptors (Lipinski definition) is 4. The second-order valence-corrected chi connectivity index (χ2v) is 12.5. The zero-order chi connectivity index (χ0) is 27.7. The van der Waals surface area contributed by atoms with Gasteiger partial charge in [0.1, 0.15) is 11.8 Å². The molecule has 0 heterocycles. The van der Waals surface area contributed by atoms with Gasteiger partial charge in [-0.3, -0.25) is 14.2 Å². The molecule has 0 aliphatic rings. The number of amides is 2. The molecule has 2 unspecified atom stereocenters. The van der Waals surface area contributed by atoms with Crippen LogP contribution < -0.4 is 10.6 Å². The van der Waals surface area contributed by atoms with Gasteiger partial charge in [0, 0.05) is 25.5 Å². The van der Waals surface area contributed by atoms with Crippen molar-refractivity contribution in [2.75, 3.05) is 13.2 Å². The Hall–Kier alpha value is -3.41. The Morgan fingerprint density at radius 3 is 2.16 bits per heavy atom. The van der Waals surface area contributed by atoms with E-state index in [2.05, 4.69) is 10.6 Å². The topological polar surface area (TPSA) is 116 Å². The summed E-state index contributed by atoms with van der Waals surface area (Å²) in [7, 11) is -2.27. The van der Waals surface area contributed by atoms with Crippen molar-refractivity contribution in [2.45, 2.75) is 38.9 Å². The minimum Gasteiger partial charge on any atom is -0.508 e. The molecule has 3 rings (SSSR count). The lowest BCUT2D eigenvalue weighted by atomic mass is 9.97. The zero-order valence-corrected chi connectivity index (χ0v) is 23.0.